The van der Waals surface area contributed by atoms with Gasteiger partial charge in [0, 0.05) is 29.7 Å². The van der Waals surface area contributed by atoms with Crippen molar-refractivity contribution in [3.8, 4) is 29.0 Å². The highest BCUT2D eigenvalue weighted by Crippen LogP contribution is 2.30. The number of fused-ring (bicyclic) bond motifs is 3. The van der Waals surface area contributed by atoms with Crippen LogP contribution in [0.4, 0.5) is 0 Å². The number of benzene rings is 1. The smallest absolute Gasteiger partial charge is 0.351 e. The van der Waals surface area contributed by atoms with E-state index in [9.17, 15) is 4.79 Å². The molecule has 1 aliphatic carbocycles. The molecule has 0 spiro atoms. The van der Waals surface area contributed by atoms with Crippen LogP contribution in [0.2, 0.25) is 0 Å². The summed E-state index contributed by atoms with van der Waals surface area (Å²) in [7, 11) is 0. The van der Waals surface area contributed by atoms with Gasteiger partial charge in [0.2, 0.25) is 5.88 Å². The second-order valence-corrected chi connectivity index (χ2v) is 8.87. The van der Waals surface area contributed by atoms with Crippen LogP contribution < -0.4 is 10.4 Å². The van der Waals surface area contributed by atoms with E-state index in [4.69, 9.17) is 14.2 Å². The number of rotatable bonds is 3. The Balaban J connectivity index is 1.35. The van der Waals surface area contributed by atoms with E-state index in [1.54, 1.807) is 4.57 Å². The molecule has 1 saturated heterocycles. The zero-order valence-corrected chi connectivity index (χ0v) is 18.5. The number of hydrogen-bond acceptors (Lipinski definition) is 5. The lowest BCUT2D eigenvalue weighted by Crippen LogP contribution is -2.34. The van der Waals surface area contributed by atoms with E-state index in [2.05, 4.69) is 35.0 Å². The van der Waals surface area contributed by atoms with Gasteiger partial charge in [0.05, 0.1) is 25.5 Å². The standard InChI is InChI=1S/C26H30N2O4/c29-26-27-25(32-18-22-17-30-13-14-31-22)16-24-23-10-9-20(15-21(23)11-12-28(24)26)8-7-19-5-3-1-2-4-6-19/h9-10,15-16,19,22H,1-6,11-14,17-18H2. The molecule has 32 heavy (non-hydrogen) atoms. The molecule has 6 heteroatoms. The quantitative estimate of drug-likeness (QED) is 0.546. The fraction of sp³-hybridized carbons (Fsp3) is 0.538. The third-order valence-corrected chi connectivity index (χ3v) is 6.55. The predicted molar refractivity (Wildman–Crippen MR) is 122 cm³/mol. The van der Waals surface area contributed by atoms with Crippen LogP contribution in [0.15, 0.2) is 29.1 Å². The summed E-state index contributed by atoms with van der Waals surface area (Å²) in [5, 5.41) is 0. The fourth-order valence-corrected chi connectivity index (χ4v) is 4.78. The van der Waals surface area contributed by atoms with Crippen molar-refractivity contribution in [2.75, 3.05) is 26.4 Å². The highest BCUT2D eigenvalue weighted by Gasteiger charge is 2.21. The average molecular weight is 435 g/mol. The van der Waals surface area contributed by atoms with Crippen LogP contribution in [0, 0.1) is 17.8 Å². The van der Waals surface area contributed by atoms with Crippen LogP contribution in [-0.2, 0) is 22.4 Å². The van der Waals surface area contributed by atoms with Gasteiger partial charge < -0.3 is 14.2 Å². The van der Waals surface area contributed by atoms with Crippen molar-refractivity contribution >= 4 is 0 Å². The van der Waals surface area contributed by atoms with Crippen molar-refractivity contribution in [1.82, 2.24) is 9.55 Å². The monoisotopic (exact) mass is 434 g/mol. The van der Waals surface area contributed by atoms with Crippen molar-refractivity contribution in [2.24, 2.45) is 5.92 Å². The highest BCUT2D eigenvalue weighted by molar-refractivity contribution is 5.67. The molecule has 0 bridgehead atoms. The Hall–Kier alpha value is -2.62. The minimum Gasteiger partial charge on any atom is -0.475 e. The number of nitrogens with zero attached hydrogens (tertiary/aromatic N) is 2. The molecule has 1 unspecified atom stereocenters. The third kappa shape index (κ3) is 4.90. The predicted octanol–water partition coefficient (Wildman–Crippen LogP) is 3.58. The van der Waals surface area contributed by atoms with Crippen LogP contribution >= 0.6 is 0 Å². The molecule has 2 fully saturated rings. The molecule has 5 rings (SSSR count). The van der Waals surface area contributed by atoms with Crippen molar-refractivity contribution in [3.05, 3.63) is 45.9 Å². The summed E-state index contributed by atoms with van der Waals surface area (Å²) in [5.74, 6) is 7.79. The lowest BCUT2D eigenvalue weighted by Gasteiger charge is -2.24. The van der Waals surface area contributed by atoms with Gasteiger partial charge in [-0.25, -0.2) is 4.79 Å². The molecule has 0 amide bonds. The molecule has 1 saturated carbocycles. The summed E-state index contributed by atoms with van der Waals surface area (Å²) in [6, 6.07) is 8.19. The minimum absolute atomic E-state index is 0.133. The van der Waals surface area contributed by atoms with Gasteiger partial charge in [-0.2, -0.15) is 4.98 Å². The molecule has 1 aromatic heterocycles. The Morgan fingerprint density at radius 3 is 2.81 bits per heavy atom. The maximum Gasteiger partial charge on any atom is 0.351 e. The number of hydrogen-bond donors (Lipinski definition) is 0. The van der Waals surface area contributed by atoms with Gasteiger partial charge >= 0.3 is 5.69 Å². The Morgan fingerprint density at radius 2 is 2.00 bits per heavy atom. The first-order valence-electron chi connectivity index (χ1n) is 11.8. The Labute approximate surface area is 188 Å². The first kappa shape index (κ1) is 21.2. The first-order valence-corrected chi connectivity index (χ1v) is 11.8. The van der Waals surface area contributed by atoms with Crippen LogP contribution in [0.3, 0.4) is 0 Å². The highest BCUT2D eigenvalue weighted by atomic mass is 16.6. The topological polar surface area (TPSA) is 62.6 Å². The maximum absolute atomic E-state index is 12.6. The molecule has 6 nitrogen and oxygen atoms in total. The van der Waals surface area contributed by atoms with Gasteiger partial charge in [0.15, 0.2) is 0 Å². The zero-order chi connectivity index (χ0) is 21.8. The molecule has 1 atom stereocenters. The SMILES string of the molecule is O=c1nc(OCC2COCCO2)cc2n1CCc1cc(C#CC3CCCCCC3)ccc1-2. The summed E-state index contributed by atoms with van der Waals surface area (Å²) in [4.78, 5) is 16.7. The molecule has 2 aromatic rings. The molecule has 3 aliphatic rings. The van der Waals surface area contributed by atoms with Crippen LogP contribution in [-0.4, -0.2) is 42.1 Å². The van der Waals surface area contributed by atoms with Crippen LogP contribution in [0.1, 0.15) is 49.7 Å². The van der Waals surface area contributed by atoms with Gasteiger partial charge in [0.25, 0.3) is 0 Å². The number of aromatic nitrogens is 2. The molecule has 0 N–H and O–H groups in total. The molecular weight excluding hydrogens is 404 g/mol. The van der Waals surface area contributed by atoms with Gasteiger partial charge in [-0.05, 0) is 37.0 Å². The number of ether oxygens (including phenoxy) is 3. The van der Waals surface area contributed by atoms with E-state index in [0.29, 0.717) is 44.8 Å². The largest absolute Gasteiger partial charge is 0.475 e. The Kier molecular flexibility index (Phi) is 6.56. The number of aryl methyl sites for hydroxylation is 1. The van der Waals surface area contributed by atoms with Crippen LogP contribution in [0.5, 0.6) is 5.88 Å². The third-order valence-electron chi connectivity index (χ3n) is 6.55. The molecule has 1 aromatic carbocycles. The summed E-state index contributed by atoms with van der Waals surface area (Å²) < 4.78 is 18.5. The van der Waals surface area contributed by atoms with E-state index < -0.39 is 0 Å². The molecular formula is C26H30N2O4. The summed E-state index contributed by atoms with van der Waals surface area (Å²) >= 11 is 0. The van der Waals surface area contributed by atoms with Crippen molar-refractivity contribution in [3.63, 3.8) is 0 Å². The second-order valence-electron chi connectivity index (χ2n) is 8.87. The van der Waals surface area contributed by atoms with E-state index in [-0.39, 0.29) is 11.8 Å². The lowest BCUT2D eigenvalue weighted by atomic mass is 9.95. The van der Waals surface area contributed by atoms with E-state index >= 15 is 0 Å². The van der Waals surface area contributed by atoms with Crippen molar-refractivity contribution in [2.45, 2.75) is 57.6 Å². The van der Waals surface area contributed by atoms with Gasteiger partial charge in [-0.1, -0.05) is 43.6 Å². The maximum atomic E-state index is 12.6. The average Bonchev–Trinajstić information content (AvgIpc) is 3.11. The van der Waals surface area contributed by atoms with Gasteiger partial charge in [-0.15, -0.1) is 0 Å². The summed E-state index contributed by atoms with van der Waals surface area (Å²) in [5.41, 5.74) is 3.91. The minimum atomic E-state index is -0.277. The Bertz CT molecular complexity index is 1070. The van der Waals surface area contributed by atoms with Crippen molar-refractivity contribution in [1.29, 1.82) is 0 Å². The molecule has 2 aliphatic heterocycles. The summed E-state index contributed by atoms with van der Waals surface area (Å²) in [6.07, 6.45) is 8.41. The van der Waals surface area contributed by atoms with E-state index in [1.165, 1.54) is 44.1 Å². The van der Waals surface area contributed by atoms with E-state index in [1.807, 2.05) is 6.07 Å². The van der Waals surface area contributed by atoms with Crippen LogP contribution in [0.25, 0.3) is 11.3 Å². The van der Waals surface area contributed by atoms with Gasteiger partial charge in [0.1, 0.15) is 12.7 Å². The van der Waals surface area contributed by atoms with Crippen molar-refractivity contribution < 1.29 is 14.2 Å². The van der Waals surface area contributed by atoms with Gasteiger partial charge in [-0.3, -0.25) is 4.57 Å². The summed E-state index contributed by atoms with van der Waals surface area (Å²) in [6.45, 7) is 2.61. The molecule has 0 radical (unpaired) electrons. The Morgan fingerprint density at radius 1 is 1.12 bits per heavy atom. The molecule has 168 valence electrons. The molecule has 3 heterocycles. The second kappa shape index (κ2) is 9.89. The normalized spacial score (nSPS) is 20.9. The lowest BCUT2D eigenvalue weighted by molar-refractivity contribution is -0.102. The fourth-order valence-electron chi connectivity index (χ4n) is 4.78. The van der Waals surface area contributed by atoms with E-state index in [0.717, 1.165) is 23.2 Å². The zero-order valence-electron chi connectivity index (χ0n) is 18.5. The first-order chi connectivity index (χ1) is 15.8.